The molecule has 0 aromatic carbocycles. The summed E-state index contributed by atoms with van der Waals surface area (Å²) in [4.78, 5) is 11.4. The highest BCUT2D eigenvalue weighted by atomic mass is 16.5. The Kier molecular flexibility index (Phi) is 5.17. The minimum absolute atomic E-state index is 0.0908. The number of aliphatic hydroxyl groups excluding tert-OH is 1. The maximum atomic E-state index is 9.17. The Morgan fingerprint density at radius 2 is 1.90 bits per heavy atom. The SMILES string of the molecule is OCC1CCN(Cc2cnc([C@H]3CCCCO3)nc2)CC1. The molecular weight excluding hydrogens is 266 g/mol. The van der Waals surface area contributed by atoms with E-state index in [9.17, 15) is 5.11 Å². The van der Waals surface area contributed by atoms with Crippen LogP contribution in [0.1, 0.15) is 49.6 Å². The summed E-state index contributed by atoms with van der Waals surface area (Å²) in [5, 5.41) is 9.17. The van der Waals surface area contributed by atoms with E-state index in [4.69, 9.17) is 4.74 Å². The first-order chi connectivity index (χ1) is 10.3. The van der Waals surface area contributed by atoms with Gasteiger partial charge in [0.05, 0.1) is 0 Å². The van der Waals surface area contributed by atoms with Crippen LogP contribution < -0.4 is 0 Å². The summed E-state index contributed by atoms with van der Waals surface area (Å²) in [6, 6.07) is 0. The van der Waals surface area contributed by atoms with Crippen molar-refractivity contribution in [1.29, 1.82) is 0 Å². The van der Waals surface area contributed by atoms with Crippen molar-refractivity contribution in [3.05, 3.63) is 23.8 Å². The highest BCUT2D eigenvalue weighted by Gasteiger charge is 2.20. The van der Waals surface area contributed by atoms with E-state index < -0.39 is 0 Å². The summed E-state index contributed by atoms with van der Waals surface area (Å²) in [6.45, 7) is 4.17. The molecule has 0 spiro atoms. The Morgan fingerprint density at radius 3 is 2.52 bits per heavy atom. The van der Waals surface area contributed by atoms with Crippen LogP contribution in [0.3, 0.4) is 0 Å². The van der Waals surface area contributed by atoms with Gasteiger partial charge >= 0.3 is 0 Å². The maximum Gasteiger partial charge on any atom is 0.157 e. The van der Waals surface area contributed by atoms with E-state index in [1.165, 1.54) is 6.42 Å². The van der Waals surface area contributed by atoms with E-state index in [1.807, 2.05) is 12.4 Å². The number of ether oxygens (including phenoxy) is 1. The minimum Gasteiger partial charge on any atom is -0.396 e. The Hall–Kier alpha value is -1.04. The lowest BCUT2D eigenvalue weighted by atomic mass is 9.98. The normalized spacial score (nSPS) is 25.1. The fourth-order valence-corrected chi connectivity index (χ4v) is 3.14. The molecule has 0 aliphatic carbocycles. The van der Waals surface area contributed by atoms with Crippen LogP contribution in [0.4, 0.5) is 0 Å². The van der Waals surface area contributed by atoms with Gasteiger partial charge in [0, 0.05) is 37.7 Å². The largest absolute Gasteiger partial charge is 0.396 e. The predicted octanol–water partition coefficient (Wildman–Crippen LogP) is 1.92. The van der Waals surface area contributed by atoms with Crippen LogP contribution in [-0.4, -0.2) is 46.3 Å². The van der Waals surface area contributed by atoms with Crippen molar-refractivity contribution in [3.63, 3.8) is 0 Å². The molecule has 5 nitrogen and oxygen atoms in total. The first kappa shape index (κ1) is 14.9. The van der Waals surface area contributed by atoms with Gasteiger partial charge in [-0.2, -0.15) is 0 Å². The van der Waals surface area contributed by atoms with E-state index in [2.05, 4.69) is 14.9 Å². The lowest BCUT2D eigenvalue weighted by Crippen LogP contribution is -2.34. The van der Waals surface area contributed by atoms with Crippen LogP contribution in [0, 0.1) is 5.92 Å². The first-order valence-electron chi connectivity index (χ1n) is 8.11. The summed E-state index contributed by atoms with van der Waals surface area (Å²) in [6.07, 6.45) is 9.54. The van der Waals surface area contributed by atoms with Crippen LogP contribution in [0.5, 0.6) is 0 Å². The molecule has 2 fully saturated rings. The fraction of sp³-hybridized carbons (Fsp3) is 0.750. The van der Waals surface area contributed by atoms with Gasteiger partial charge in [-0.15, -0.1) is 0 Å². The maximum absolute atomic E-state index is 9.17. The fourth-order valence-electron chi connectivity index (χ4n) is 3.14. The summed E-state index contributed by atoms with van der Waals surface area (Å²) in [7, 11) is 0. The summed E-state index contributed by atoms with van der Waals surface area (Å²) >= 11 is 0. The molecule has 116 valence electrons. The smallest absolute Gasteiger partial charge is 0.157 e. The van der Waals surface area contributed by atoms with Gasteiger partial charge in [-0.3, -0.25) is 4.90 Å². The van der Waals surface area contributed by atoms with Gasteiger partial charge < -0.3 is 9.84 Å². The monoisotopic (exact) mass is 291 g/mol. The van der Waals surface area contributed by atoms with Gasteiger partial charge in [-0.1, -0.05) is 0 Å². The summed E-state index contributed by atoms with van der Waals surface area (Å²) < 4.78 is 5.72. The molecule has 2 aliphatic heterocycles. The van der Waals surface area contributed by atoms with Crippen molar-refractivity contribution in [3.8, 4) is 0 Å². The number of aromatic nitrogens is 2. The van der Waals surface area contributed by atoms with Crippen molar-refractivity contribution < 1.29 is 9.84 Å². The van der Waals surface area contributed by atoms with Crippen molar-refractivity contribution in [2.45, 2.75) is 44.8 Å². The lowest BCUT2D eigenvalue weighted by Gasteiger charge is -2.30. The zero-order valence-corrected chi connectivity index (χ0v) is 12.6. The van der Waals surface area contributed by atoms with Crippen LogP contribution in [0.15, 0.2) is 12.4 Å². The van der Waals surface area contributed by atoms with E-state index in [-0.39, 0.29) is 6.10 Å². The van der Waals surface area contributed by atoms with Crippen molar-refractivity contribution >= 4 is 0 Å². The summed E-state index contributed by atoms with van der Waals surface area (Å²) in [5.41, 5.74) is 1.16. The summed E-state index contributed by atoms with van der Waals surface area (Å²) in [5.74, 6) is 1.32. The van der Waals surface area contributed by atoms with E-state index in [0.717, 1.165) is 63.3 Å². The Balaban J connectivity index is 1.52. The molecule has 0 radical (unpaired) electrons. The number of piperidine rings is 1. The molecule has 0 saturated carbocycles. The van der Waals surface area contributed by atoms with Gasteiger partial charge in [-0.05, 0) is 51.1 Å². The van der Waals surface area contributed by atoms with Crippen molar-refractivity contribution in [2.24, 2.45) is 5.92 Å². The van der Waals surface area contributed by atoms with Gasteiger partial charge in [-0.25, -0.2) is 9.97 Å². The molecule has 0 amide bonds. The molecule has 5 heteroatoms. The third kappa shape index (κ3) is 3.99. The number of rotatable bonds is 4. The van der Waals surface area contributed by atoms with Crippen LogP contribution in [-0.2, 0) is 11.3 Å². The Bertz CT molecular complexity index is 424. The molecule has 21 heavy (non-hydrogen) atoms. The molecule has 2 saturated heterocycles. The average Bonchev–Trinajstić information content (AvgIpc) is 2.57. The van der Waals surface area contributed by atoms with Gasteiger partial charge in [0.1, 0.15) is 6.10 Å². The molecule has 3 rings (SSSR count). The van der Waals surface area contributed by atoms with Crippen LogP contribution in [0.2, 0.25) is 0 Å². The Labute approximate surface area is 126 Å². The highest BCUT2D eigenvalue weighted by Crippen LogP contribution is 2.25. The number of aliphatic hydroxyl groups is 1. The molecule has 1 atom stereocenters. The topological polar surface area (TPSA) is 58.5 Å². The average molecular weight is 291 g/mol. The second-order valence-electron chi connectivity index (χ2n) is 6.21. The van der Waals surface area contributed by atoms with Gasteiger partial charge in [0.25, 0.3) is 0 Å². The molecule has 1 aromatic rings. The number of nitrogens with zero attached hydrogens (tertiary/aromatic N) is 3. The predicted molar refractivity (Wildman–Crippen MR) is 79.7 cm³/mol. The first-order valence-corrected chi connectivity index (χ1v) is 8.11. The van der Waals surface area contributed by atoms with E-state index in [0.29, 0.717) is 12.5 Å². The second kappa shape index (κ2) is 7.29. The zero-order chi connectivity index (χ0) is 14.5. The number of likely N-dealkylation sites (tertiary alicyclic amines) is 1. The van der Waals surface area contributed by atoms with Crippen LogP contribution in [0.25, 0.3) is 0 Å². The standard InChI is InChI=1S/C16H25N3O2/c20-12-13-4-6-19(7-5-13)11-14-9-17-16(18-10-14)15-3-1-2-8-21-15/h9-10,13,15,20H,1-8,11-12H2/t15-/m1/s1. The Morgan fingerprint density at radius 1 is 1.14 bits per heavy atom. The third-order valence-corrected chi connectivity index (χ3v) is 4.56. The molecular formula is C16H25N3O2. The minimum atomic E-state index is 0.0908. The van der Waals surface area contributed by atoms with Crippen molar-refractivity contribution in [1.82, 2.24) is 14.9 Å². The molecule has 3 heterocycles. The number of hydrogen-bond acceptors (Lipinski definition) is 5. The van der Waals surface area contributed by atoms with E-state index in [1.54, 1.807) is 0 Å². The highest BCUT2D eigenvalue weighted by molar-refractivity contribution is 5.07. The number of hydrogen-bond donors (Lipinski definition) is 1. The lowest BCUT2D eigenvalue weighted by molar-refractivity contribution is 0.00937. The zero-order valence-electron chi connectivity index (χ0n) is 12.6. The van der Waals surface area contributed by atoms with E-state index >= 15 is 0 Å². The second-order valence-corrected chi connectivity index (χ2v) is 6.21. The van der Waals surface area contributed by atoms with Gasteiger partial charge in [0.2, 0.25) is 0 Å². The third-order valence-electron chi connectivity index (χ3n) is 4.56. The molecule has 0 bridgehead atoms. The molecule has 1 aromatic heterocycles. The molecule has 1 N–H and O–H groups in total. The van der Waals surface area contributed by atoms with Crippen molar-refractivity contribution in [2.75, 3.05) is 26.3 Å². The van der Waals surface area contributed by atoms with Gasteiger partial charge in [0.15, 0.2) is 5.82 Å². The molecule has 2 aliphatic rings. The van der Waals surface area contributed by atoms with Crippen LogP contribution >= 0.6 is 0 Å². The molecule has 0 unspecified atom stereocenters. The quantitative estimate of drug-likeness (QED) is 0.918.